The largest absolute Gasteiger partial charge is 0.618 e. The molecule has 0 bridgehead atoms. The summed E-state index contributed by atoms with van der Waals surface area (Å²) in [5.74, 6) is -9.81. The monoisotopic (exact) mass is 1900 g/mol. The van der Waals surface area contributed by atoms with E-state index in [1.807, 2.05) is 5.32 Å². The number of carboxylic acids is 1. The average Bonchev–Trinajstić information content (AvgIpc) is 0.735. The smallest absolute Gasteiger partial charge is 0.488 e. The molecule has 13 aromatic rings. The number of aromatic nitrogens is 6. The van der Waals surface area contributed by atoms with E-state index in [1.165, 1.54) is 206 Å². The van der Waals surface area contributed by atoms with Crippen LogP contribution in [0.5, 0.6) is 0 Å². The molecule has 0 aliphatic heterocycles. The molecule has 40 heteroatoms. The number of carboxylic acid groups (broad SMARTS) is 1. The summed E-state index contributed by atoms with van der Waals surface area (Å²) >= 11 is 16.8. The van der Waals surface area contributed by atoms with Crippen molar-refractivity contribution in [3.05, 3.63) is 362 Å². The van der Waals surface area contributed by atoms with E-state index in [2.05, 4.69) is 43.9 Å². The van der Waals surface area contributed by atoms with Crippen molar-refractivity contribution in [2.75, 3.05) is 45.8 Å². The molecule has 0 radical (unpaired) electrons. The van der Waals surface area contributed by atoms with E-state index in [1.54, 1.807) is 84.1 Å². The molecule has 6 aromatic heterocycles. The third-order valence-corrected chi connectivity index (χ3v) is 17.3. The molecule has 0 aliphatic carbocycles. The SMILES string of the molecule is CC(C)(C)OC(=O)Nc1c(F)cccc1F.COC(=O)c1ccc(Cl)nc1-c1ccc(F)cc1.COC(=O)c1ccc(N(C(=O)OC(C)(C)C)c2c(F)cccc2F)nc1-c1ccc(F)cc1.COC(=O)c1ccc[n+]([O-])c1-c1ccc(F)cc1.COC(=O)c1cccnc1-c1ccc(F)cc1.COC(=O)c1cccnc1Cl.O=C(O)c1cccnc1Cl.OB(O)c1ccc(F)cc1. The Morgan fingerprint density at radius 2 is 0.752 bits per heavy atom. The van der Waals surface area contributed by atoms with E-state index in [0.717, 1.165) is 42.5 Å². The highest BCUT2D eigenvalue weighted by Gasteiger charge is 2.33. The number of halogens is 12. The molecule has 0 saturated heterocycles. The number of rotatable bonds is 14. The molecule has 0 saturated carbocycles. The molecule has 7 aromatic carbocycles. The Hall–Kier alpha value is -15.2. The van der Waals surface area contributed by atoms with Gasteiger partial charge in [0.1, 0.15) is 102 Å². The first-order valence-corrected chi connectivity index (χ1v) is 39.4. The number of esters is 5. The lowest BCUT2D eigenvalue weighted by Crippen LogP contribution is -2.35. The van der Waals surface area contributed by atoms with Gasteiger partial charge in [-0.15, -0.1) is 0 Å². The van der Waals surface area contributed by atoms with Crippen LogP contribution in [0.25, 0.3) is 45.0 Å². The van der Waals surface area contributed by atoms with Crippen LogP contribution in [0.4, 0.5) is 66.3 Å². The minimum Gasteiger partial charge on any atom is -0.618 e. The van der Waals surface area contributed by atoms with Crippen LogP contribution in [0.2, 0.25) is 15.5 Å². The minimum atomic E-state index is -1.51. The van der Waals surface area contributed by atoms with Crippen molar-refractivity contribution >= 4 is 113 Å². The van der Waals surface area contributed by atoms with Gasteiger partial charge in [0.05, 0.1) is 80.4 Å². The summed E-state index contributed by atoms with van der Waals surface area (Å²) in [6.07, 6.45) is 3.81. The molecule has 13 rings (SSSR count). The van der Waals surface area contributed by atoms with Crippen LogP contribution in [0.15, 0.2) is 255 Å². The summed E-state index contributed by atoms with van der Waals surface area (Å²) in [5, 5.41) is 39.8. The standard InChI is InChI=1S/C24H21F3N2O4.C13H9ClFNO2.C13H10FNO3.C13H10FNO2.C11H13F2NO2.C7H6ClNO2.C6H6BFO2.C6H4ClNO2/c1-24(2,3)33-23(31)29(21-17(26)6-5-7-18(21)27)19-13-12-16(22(30)32-4)20(28-19)14-8-10-15(25)11-9-14;1-18-13(17)10-6-7-11(14)16-12(10)8-2-4-9(15)5-3-8;1-18-13(16)11-3-2-8-15(17)12(11)9-4-6-10(14)7-5-9;1-17-13(16)11-3-2-8-15-12(11)9-4-6-10(14)7-5-9;1-11(2,3)16-10(15)14-9-7(12)5-4-6-8(9)13;1-11-7(10)5-3-2-4-9-6(5)8;8-6-3-1-5(2-4-6)7(9)10;7-5-4(6(9)10)2-1-3-8-5/h5-13H,1-4H3;2-7H,1H3;2-8H,1H3;2-8H,1H3;4-6H,1-3H3,(H,14,15);2-4H,1H3;1-4,9-10H;1-3H,(H,9,10). The summed E-state index contributed by atoms with van der Waals surface area (Å²) in [4.78, 5) is 113. The third-order valence-electron chi connectivity index (χ3n) is 16.5. The molecule has 4 N–H and O–H groups in total. The van der Waals surface area contributed by atoms with Crippen LogP contribution in [-0.4, -0.2) is 142 Å². The molecule has 0 spiro atoms. The van der Waals surface area contributed by atoms with Crippen molar-refractivity contribution in [2.24, 2.45) is 0 Å². The maximum absolute atomic E-state index is 14.7. The summed E-state index contributed by atoms with van der Waals surface area (Å²) in [5.41, 5.74) is 1.56. The second-order valence-electron chi connectivity index (χ2n) is 28.1. The lowest BCUT2D eigenvalue weighted by molar-refractivity contribution is -0.593. The van der Waals surface area contributed by atoms with Crippen LogP contribution in [0.1, 0.15) is 104 Å². The second-order valence-corrected chi connectivity index (χ2v) is 29.2. The number of carbonyl (C=O) groups excluding carboxylic acids is 7. The number of amides is 2. The Balaban J connectivity index is 0.000000242. The number of carbonyl (C=O) groups is 8. The maximum atomic E-state index is 14.7. The van der Waals surface area contributed by atoms with Gasteiger partial charge in [-0.2, -0.15) is 4.73 Å². The van der Waals surface area contributed by atoms with Gasteiger partial charge in [0.2, 0.25) is 5.69 Å². The number of benzene rings is 7. The van der Waals surface area contributed by atoms with Crippen LogP contribution in [0.3, 0.4) is 0 Å². The number of methoxy groups -OCH3 is 5. The van der Waals surface area contributed by atoms with Crippen molar-refractivity contribution in [1.82, 2.24) is 24.9 Å². The van der Waals surface area contributed by atoms with Gasteiger partial charge < -0.3 is 53.5 Å². The van der Waals surface area contributed by atoms with Crippen molar-refractivity contribution in [3.63, 3.8) is 0 Å². The number of aromatic carboxylic acids is 1. The predicted octanol–water partition coefficient (Wildman–Crippen LogP) is 19.7. The summed E-state index contributed by atoms with van der Waals surface area (Å²) in [6.45, 7) is 9.76. The first kappa shape index (κ1) is 107. The lowest BCUT2D eigenvalue weighted by Gasteiger charge is -2.27. The Morgan fingerprint density at radius 3 is 1.16 bits per heavy atom. The van der Waals surface area contributed by atoms with E-state index in [4.69, 9.17) is 64.2 Å². The summed E-state index contributed by atoms with van der Waals surface area (Å²) in [7, 11) is 4.78. The van der Waals surface area contributed by atoms with Crippen LogP contribution in [0, 0.1) is 57.6 Å². The molecule has 27 nitrogen and oxygen atoms in total. The first-order valence-electron chi connectivity index (χ1n) is 38.2. The highest BCUT2D eigenvalue weighted by atomic mass is 35.5. The Labute approximate surface area is 769 Å². The molecule has 6 heterocycles. The van der Waals surface area contributed by atoms with Gasteiger partial charge in [-0.3, -0.25) is 10.3 Å². The fourth-order valence-corrected chi connectivity index (χ4v) is 11.1. The van der Waals surface area contributed by atoms with E-state index in [0.29, 0.717) is 54.3 Å². The zero-order valence-electron chi connectivity index (χ0n) is 71.9. The van der Waals surface area contributed by atoms with Crippen LogP contribution >= 0.6 is 34.8 Å². The number of anilines is 3. The van der Waals surface area contributed by atoms with Gasteiger partial charge in [-0.1, -0.05) is 59.1 Å². The Morgan fingerprint density at radius 1 is 0.398 bits per heavy atom. The quantitative estimate of drug-likeness (QED) is 0.0149. The van der Waals surface area contributed by atoms with Gasteiger partial charge in [-0.25, -0.2) is 103 Å². The van der Waals surface area contributed by atoms with Crippen molar-refractivity contribution < 1.29 is 131 Å². The number of hydrogen-bond acceptors (Lipinski definition) is 23. The number of nitrogens with zero attached hydrogens (tertiary/aromatic N) is 7. The topological polar surface area (TPSA) is 369 Å². The van der Waals surface area contributed by atoms with E-state index in [-0.39, 0.29) is 77.9 Å². The van der Waals surface area contributed by atoms with E-state index < -0.39 is 113 Å². The molecule has 0 unspecified atom stereocenters. The number of ether oxygens (including phenoxy) is 7. The van der Waals surface area contributed by atoms with Crippen molar-refractivity contribution in [2.45, 2.75) is 52.7 Å². The van der Waals surface area contributed by atoms with Crippen LogP contribution < -0.4 is 20.4 Å². The summed E-state index contributed by atoms with van der Waals surface area (Å²) < 4.78 is 154. The fraction of sp³-hybridized carbons (Fsp3) is 0.140. The molecule has 2 amide bonds. The van der Waals surface area contributed by atoms with Gasteiger partial charge in [0, 0.05) is 46.9 Å². The zero-order chi connectivity index (χ0) is 98.6. The fourth-order valence-electron chi connectivity index (χ4n) is 10.5. The number of para-hydroxylation sites is 2. The van der Waals surface area contributed by atoms with Crippen LogP contribution in [-0.2, 0) is 33.2 Å². The molecule has 0 fully saturated rings. The zero-order valence-corrected chi connectivity index (χ0v) is 74.1. The van der Waals surface area contributed by atoms with Gasteiger partial charge in [0.25, 0.3) is 0 Å². The van der Waals surface area contributed by atoms with Gasteiger partial charge in [-0.05, 0) is 247 Å². The molecule has 0 atom stereocenters. The molecule has 692 valence electrons. The Kier molecular flexibility index (Phi) is 41.1. The maximum Gasteiger partial charge on any atom is 0.488 e. The predicted molar refractivity (Wildman–Crippen MR) is 474 cm³/mol. The highest BCUT2D eigenvalue weighted by molar-refractivity contribution is 6.58. The number of nitrogens with one attached hydrogen (secondary N) is 1. The van der Waals surface area contributed by atoms with Gasteiger partial charge in [0.15, 0.2) is 6.20 Å². The van der Waals surface area contributed by atoms with Crippen molar-refractivity contribution in [1.29, 1.82) is 0 Å². The van der Waals surface area contributed by atoms with Crippen molar-refractivity contribution in [3.8, 4) is 45.0 Å². The minimum absolute atomic E-state index is 0.00556. The third kappa shape index (κ3) is 33.1. The normalized spacial score (nSPS) is 10.3. The lowest BCUT2D eigenvalue weighted by atomic mass is 9.80. The highest BCUT2D eigenvalue weighted by Crippen LogP contribution is 2.36. The van der Waals surface area contributed by atoms with E-state index >= 15 is 0 Å². The summed E-state index contributed by atoms with van der Waals surface area (Å²) in [6, 6.07) is 51.1. The number of pyridine rings is 6. The first-order chi connectivity index (χ1) is 62.9. The van der Waals surface area contributed by atoms with E-state index in [9.17, 15) is 83.1 Å². The molecule has 133 heavy (non-hydrogen) atoms. The Bertz CT molecular complexity index is 6140. The molecular formula is C93H79BCl3F9N8O19. The average molecular weight is 1900 g/mol. The van der Waals surface area contributed by atoms with Gasteiger partial charge >= 0.3 is 55.1 Å². The molecule has 0 aliphatic rings. The number of hydrogen-bond donors (Lipinski definition) is 4. The second kappa shape index (κ2) is 51.3. The molecular weight excluding hydrogens is 1820 g/mol.